The van der Waals surface area contributed by atoms with Crippen molar-refractivity contribution in [2.75, 3.05) is 0 Å². The van der Waals surface area contributed by atoms with Crippen LogP contribution in [0.25, 0.3) is 5.52 Å². The van der Waals surface area contributed by atoms with E-state index in [9.17, 15) is 15.0 Å². The van der Waals surface area contributed by atoms with E-state index in [0.717, 1.165) is 5.69 Å². The number of imidazole rings is 1. The van der Waals surface area contributed by atoms with Crippen LogP contribution in [-0.2, 0) is 6.61 Å². The molecule has 0 saturated heterocycles. The molecular weight excluding hydrogens is 284 g/mol. The van der Waals surface area contributed by atoms with Gasteiger partial charge in [0, 0.05) is 5.69 Å². The summed E-state index contributed by atoms with van der Waals surface area (Å²) in [5.41, 5.74) is 1.42. The first kappa shape index (κ1) is 13.9. The van der Waals surface area contributed by atoms with E-state index in [1.54, 1.807) is 28.7 Å². The second-order valence-corrected chi connectivity index (χ2v) is 4.85. The van der Waals surface area contributed by atoms with E-state index in [-0.39, 0.29) is 18.1 Å². The second kappa shape index (κ2) is 5.40. The molecule has 0 atom stereocenters. The minimum atomic E-state index is -1.07. The summed E-state index contributed by atoms with van der Waals surface area (Å²) in [5, 5.41) is 18.5. The summed E-state index contributed by atoms with van der Waals surface area (Å²) in [6.07, 6.45) is 0. The SMILES string of the molecule is Cc1cccc2c(C(=O)O)nc(COc3ccc(O)cc3)n12. The fourth-order valence-corrected chi connectivity index (χ4v) is 2.33. The second-order valence-electron chi connectivity index (χ2n) is 4.85. The number of aromatic hydroxyl groups is 1. The Labute approximate surface area is 126 Å². The van der Waals surface area contributed by atoms with Crippen molar-refractivity contribution in [3.05, 3.63) is 59.7 Å². The van der Waals surface area contributed by atoms with E-state index in [0.29, 0.717) is 17.1 Å². The first-order valence-electron chi connectivity index (χ1n) is 6.68. The number of hydrogen-bond acceptors (Lipinski definition) is 4. The fourth-order valence-electron chi connectivity index (χ4n) is 2.33. The lowest BCUT2D eigenvalue weighted by Gasteiger charge is -2.07. The van der Waals surface area contributed by atoms with Gasteiger partial charge in [-0.25, -0.2) is 9.78 Å². The minimum absolute atomic E-state index is 0.00741. The lowest BCUT2D eigenvalue weighted by Crippen LogP contribution is -2.03. The third kappa shape index (κ3) is 2.46. The largest absolute Gasteiger partial charge is 0.508 e. The van der Waals surface area contributed by atoms with Gasteiger partial charge >= 0.3 is 5.97 Å². The van der Waals surface area contributed by atoms with Crippen LogP contribution in [0.3, 0.4) is 0 Å². The highest BCUT2D eigenvalue weighted by Crippen LogP contribution is 2.20. The zero-order chi connectivity index (χ0) is 15.7. The summed E-state index contributed by atoms with van der Waals surface area (Å²) >= 11 is 0. The van der Waals surface area contributed by atoms with Gasteiger partial charge in [-0.3, -0.25) is 4.40 Å². The molecule has 0 radical (unpaired) electrons. The summed E-state index contributed by atoms with van der Waals surface area (Å²) in [6.45, 7) is 2.01. The topological polar surface area (TPSA) is 84.1 Å². The van der Waals surface area contributed by atoms with Crippen molar-refractivity contribution in [2.24, 2.45) is 0 Å². The number of carboxylic acid groups (broad SMARTS) is 1. The Hall–Kier alpha value is -3.02. The van der Waals surface area contributed by atoms with Crippen molar-refractivity contribution in [1.29, 1.82) is 0 Å². The number of hydrogen-bond donors (Lipinski definition) is 2. The number of carbonyl (C=O) groups is 1. The van der Waals surface area contributed by atoms with Gasteiger partial charge in [0.05, 0.1) is 5.52 Å². The normalized spacial score (nSPS) is 10.8. The van der Waals surface area contributed by atoms with Gasteiger partial charge in [0.2, 0.25) is 0 Å². The van der Waals surface area contributed by atoms with Gasteiger partial charge < -0.3 is 14.9 Å². The maximum absolute atomic E-state index is 11.3. The highest BCUT2D eigenvalue weighted by atomic mass is 16.5. The van der Waals surface area contributed by atoms with Crippen molar-refractivity contribution in [2.45, 2.75) is 13.5 Å². The Morgan fingerprint density at radius 2 is 1.95 bits per heavy atom. The third-order valence-electron chi connectivity index (χ3n) is 3.33. The maximum Gasteiger partial charge on any atom is 0.356 e. The van der Waals surface area contributed by atoms with Crippen molar-refractivity contribution < 1.29 is 19.7 Å². The number of ether oxygens (including phenoxy) is 1. The highest BCUT2D eigenvalue weighted by Gasteiger charge is 2.17. The van der Waals surface area contributed by atoms with Crippen molar-refractivity contribution in [3.8, 4) is 11.5 Å². The van der Waals surface area contributed by atoms with Gasteiger partial charge in [-0.1, -0.05) is 6.07 Å². The van der Waals surface area contributed by atoms with Crippen molar-refractivity contribution in [1.82, 2.24) is 9.38 Å². The maximum atomic E-state index is 11.3. The predicted molar refractivity (Wildman–Crippen MR) is 79.3 cm³/mol. The summed E-state index contributed by atoms with van der Waals surface area (Å²) in [6, 6.07) is 11.7. The van der Waals surface area contributed by atoms with Crippen LogP contribution in [0.5, 0.6) is 11.5 Å². The average Bonchev–Trinajstić information content (AvgIpc) is 2.87. The van der Waals surface area contributed by atoms with Gasteiger partial charge in [0.15, 0.2) is 11.5 Å². The molecule has 2 aromatic heterocycles. The lowest BCUT2D eigenvalue weighted by molar-refractivity contribution is 0.0693. The van der Waals surface area contributed by atoms with E-state index in [1.165, 1.54) is 12.1 Å². The molecule has 2 heterocycles. The lowest BCUT2D eigenvalue weighted by atomic mass is 10.3. The smallest absolute Gasteiger partial charge is 0.356 e. The van der Waals surface area contributed by atoms with Crippen LogP contribution in [0.4, 0.5) is 0 Å². The van der Waals surface area contributed by atoms with Crippen LogP contribution in [0.15, 0.2) is 42.5 Å². The van der Waals surface area contributed by atoms with E-state index >= 15 is 0 Å². The number of phenols is 1. The average molecular weight is 298 g/mol. The minimum Gasteiger partial charge on any atom is -0.508 e. The van der Waals surface area contributed by atoms with Crippen LogP contribution in [0.1, 0.15) is 22.0 Å². The standard InChI is InChI=1S/C16H14N2O4/c1-10-3-2-4-13-15(16(20)21)17-14(18(10)13)9-22-12-7-5-11(19)6-8-12/h2-8,19H,9H2,1H3,(H,20,21). The quantitative estimate of drug-likeness (QED) is 0.773. The molecule has 0 amide bonds. The molecule has 0 aliphatic rings. The molecule has 2 N–H and O–H groups in total. The molecule has 0 saturated carbocycles. The van der Waals surface area contributed by atoms with Crippen LogP contribution >= 0.6 is 0 Å². The summed E-state index contributed by atoms with van der Waals surface area (Å²) < 4.78 is 7.38. The van der Waals surface area contributed by atoms with Crippen molar-refractivity contribution >= 4 is 11.5 Å². The van der Waals surface area contributed by atoms with Crippen LogP contribution < -0.4 is 4.74 Å². The number of aryl methyl sites for hydroxylation is 1. The molecule has 0 spiro atoms. The summed E-state index contributed by atoms with van der Waals surface area (Å²) in [7, 11) is 0. The molecule has 3 aromatic rings. The number of fused-ring (bicyclic) bond motifs is 1. The number of nitrogens with zero attached hydrogens (tertiary/aromatic N) is 2. The zero-order valence-corrected chi connectivity index (χ0v) is 11.9. The molecule has 1 aromatic carbocycles. The van der Waals surface area contributed by atoms with Crippen LogP contribution in [0.2, 0.25) is 0 Å². The third-order valence-corrected chi connectivity index (χ3v) is 3.33. The van der Waals surface area contributed by atoms with Gasteiger partial charge in [0.1, 0.15) is 18.1 Å². The Balaban J connectivity index is 1.96. The van der Waals surface area contributed by atoms with Gasteiger partial charge in [-0.15, -0.1) is 0 Å². The Kier molecular flexibility index (Phi) is 3.42. The first-order valence-corrected chi connectivity index (χ1v) is 6.68. The monoisotopic (exact) mass is 298 g/mol. The molecule has 22 heavy (non-hydrogen) atoms. The van der Waals surface area contributed by atoms with Crippen LogP contribution in [0, 0.1) is 6.92 Å². The Bertz CT molecular complexity index is 837. The number of benzene rings is 1. The summed E-state index contributed by atoms with van der Waals surface area (Å²) in [4.78, 5) is 15.5. The molecule has 6 heteroatoms. The fraction of sp³-hybridized carbons (Fsp3) is 0.125. The zero-order valence-electron chi connectivity index (χ0n) is 11.9. The Morgan fingerprint density at radius 1 is 1.23 bits per heavy atom. The van der Waals surface area contributed by atoms with E-state index < -0.39 is 5.97 Å². The molecule has 6 nitrogen and oxygen atoms in total. The first-order chi connectivity index (χ1) is 10.6. The van der Waals surface area contributed by atoms with Crippen LogP contribution in [-0.4, -0.2) is 25.6 Å². The number of phenolic OH excluding ortho intramolecular Hbond substituents is 1. The molecule has 0 unspecified atom stereocenters. The molecule has 0 aliphatic carbocycles. The van der Waals surface area contributed by atoms with E-state index in [1.807, 2.05) is 13.0 Å². The molecule has 112 valence electrons. The predicted octanol–water partition coefficient (Wildman–Crippen LogP) is 2.63. The Morgan fingerprint density at radius 3 is 2.64 bits per heavy atom. The van der Waals surface area contributed by atoms with E-state index in [2.05, 4.69) is 4.98 Å². The molecular formula is C16H14N2O4. The number of pyridine rings is 1. The number of rotatable bonds is 4. The number of aromatic carboxylic acids is 1. The van der Waals surface area contributed by atoms with Gasteiger partial charge in [-0.05, 0) is 43.3 Å². The van der Waals surface area contributed by atoms with Gasteiger partial charge in [0.25, 0.3) is 0 Å². The summed E-state index contributed by atoms with van der Waals surface area (Å²) in [5.74, 6) is 0.167. The number of aromatic nitrogens is 2. The molecule has 0 fully saturated rings. The number of carboxylic acids is 1. The van der Waals surface area contributed by atoms with Crippen molar-refractivity contribution in [3.63, 3.8) is 0 Å². The molecule has 0 bridgehead atoms. The molecule has 0 aliphatic heterocycles. The molecule has 3 rings (SSSR count). The highest BCUT2D eigenvalue weighted by molar-refractivity contribution is 5.93. The van der Waals surface area contributed by atoms with E-state index in [4.69, 9.17) is 4.74 Å². The van der Waals surface area contributed by atoms with Gasteiger partial charge in [-0.2, -0.15) is 0 Å².